The van der Waals surface area contributed by atoms with E-state index in [0.717, 1.165) is 5.59 Å². The van der Waals surface area contributed by atoms with Gasteiger partial charge in [0, 0.05) is 6.20 Å². The molecule has 2 fully saturated rings. The molecule has 0 aliphatic carbocycles. The molecule has 1 aromatic heterocycles. The molecule has 0 spiro atoms. The fraction of sp³-hybridized carbons (Fsp3) is 0.706. The minimum Gasteiger partial charge on any atom is -0.398 e. The Balaban J connectivity index is 1.70. The molecular formula is C17H27BN2O2. The summed E-state index contributed by atoms with van der Waals surface area (Å²) in [5.41, 5.74) is 1.58. The van der Waals surface area contributed by atoms with Gasteiger partial charge in [0.1, 0.15) is 0 Å². The molecule has 0 aromatic carbocycles. The maximum Gasteiger partial charge on any atom is 0.514 e. The zero-order valence-corrected chi connectivity index (χ0v) is 14.4. The van der Waals surface area contributed by atoms with Gasteiger partial charge in [-0.1, -0.05) is 6.07 Å². The lowest BCUT2D eigenvalue weighted by atomic mass is 9.83. The van der Waals surface area contributed by atoms with Crippen LogP contribution in [0.1, 0.15) is 52.0 Å². The van der Waals surface area contributed by atoms with Crippen molar-refractivity contribution in [3.63, 3.8) is 0 Å². The van der Waals surface area contributed by atoms with Gasteiger partial charge in [-0.3, -0.25) is 4.98 Å². The highest BCUT2D eigenvalue weighted by molar-refractivity contribution is 6.61. The Morgan fingerprint density at radius 2 is 1.68 bits per heavy atom. The molecule has 2 saturated heterocycles. The van der Waals surface area contributed by atoms with Crippen LogP contribution in [-0.4, -0.2) is 48.3 Å². The molecule has 4 nitrogen and oxygen atoms in total. The van der Waals surface area contributed by atoms with E-state index in [0.29, 0.717) is 5.92 Å². The molecule has 3 heterocycles. The molecule has 0 unspecified atom stereocenters. The van der Waals surface area contributed by atoms with E-state index in [9.17, 15) is 0 Å². The van der Waals surface area contributed by atoms with Gasteiger partial charge in [-0.25, -0.2) is 0 Å². The van der Waals surface area contributed by atoms with Crippen molar-refractivity contribution < 1.29 is 9.31 Å². The molecule has 0 N–H and O–H groups in total. The zero-order valence-electron chi connectivity index (χ0n) is 14.4. The Hall–Kier alpha value is -0.905. The number of hydrogen-bond donors (Lipinski definition) is 0. The summed E-state index contributed by atoms with van der Waals surface area (Å²) in [6, 6.07) is 4.26. The first kappa shape index (κ1) is 16.0. The molecule has 0 bridgehead atoms. The van der Waals surface area contributed by atoms with Crippen LogP contribution in [-0.2, 0) is 9.31 Å². The second-order valence-corrected chi connectivity index (χ2v) is 7.68. The SMILES string of the molecule is CN1CCC(c2ccc(B3OC(C)(C)C(C)(C)O3)nc2)CC1. The lowest BCUT2D eigenvalue weighted by Gasteiger charge is -2.32. The third-order valence-electron chi connectivity index (χ3n) is 5.49. The van der Waals surface area contributed by atoms with Crippen LogP contribution in [0.4, 0.5) is 0 Å². The average Bonchev–Trinajstić information content (AvgIpc) is 2.68. The quantitative estimate of drug-likeness (QED) is 0.784. The van der Waals surface area contributed by atoms with Crippen LogP contribution in [0.15, 0.2) is 18.3 Å². The molecule has 2 aliphatic rings. The third-order valence-corrected chi connectivity index (χ3v) is 5.49. The maximum atomic E-state index is 6.06. The summed E-state index contributed by atoms with van der Waals surface area (Å²) in [7, 11) is 1.83. The molecule has 0 amide bonds. The van der Waals surface area contributed by atoms with Gasteiger partial charge >= 0.3 is 7.12 Å². The Morgan fingerprint density at radius 1 is 1.09 bits per heavy atom. The first-order valence-corrected chi connectivity index (χ1v) is 8.28. The predicted octanol–water partition coefficient (Wildman–Crippen LogP) is 2.19. The van der Waals surface area contributed by atoms with Crippen LogP contribution >= 0.6 is 0 Å². The van der Waals surface area contributed by atoms with Crippen molar-refractivity contribution in [2.75, 3.05) is 20.1 Å². The van der Waals surface area contributed by atoms with E-state index in [1.54, 1.807) is 0 Å². The summed E-state index contributed by atoms with van der Waals surface area (Å²) in [6.45, 7) is 10.6. The van der Waals surface area contributed by atoms with E-state index in [1.807, 2.05) is 6.20 Å². The van der Waals surface area contributed by atoms with Crippen LogP contribution in [0.25, 0.3) is 0 Å². The van der Waals surface area contributed by atoms with Crippen LogP contribution in [0.5, 0.6) is 0 Å². The highest BCUT2D eigenvalue weighted by Crippen LogP contribution is 2.36. The first-order valence-electron chi connectivity index (χ1n) is 8.28. The van der Waals surface area contributed by atoms with Crippen molar-refractivity contribution in [1.29, 1.82) is 0 Å². The summed E-state index contributed by atoms with van der Waals surface area (Å²) >= 11 is 0. The molecule has 0 radical (unpaired) electrons. The molecule has 2 aliphatic heterocycles. The fourth-order valence-corrected chi connectivity index (χ4v) is 3.10. The van der Waals surface area contributed by atoms with Gasteiger partial charge in [-0.05, 0) is 78.2 Å². The number of piperidine rings is 1. The molecule has 22 heavy (non-hydrogen) atoms. The fourth-order valence-electron chi connectivity index (χ4n) is 3.10. The average molecular weight is 302 g/mol. The van der Waals surface area contributed by atoms with Crippen LogP contribution in [0, 0.1) is 0 Å². The number of likely N-dealkylation sites (tertiary alicyclic amines) is 1. The predicted molar refractivity (Wildman–Crippen MR) is 89.4 cm³/mol. The lowest BCUT2D eigenvalue weighted by Crippen LogP contribution is -2.41. The summed E-state index contributed by atoms with van der Waals surface area (Å²) in [6.07, 6.45) is 4.44. The van der Waals surface area contributed by atoms with Gasteiger partial charge in [-0.15, -0.1) is 0 Å². The monoisotopic (exact) mass is 302 g/mol. The summed E-state index contributed by atoms with van der Waals surface area (Å²) in [5, 5.41) is 0. The normalized spacial score (nSPS) is 25.6. The van der Waals surface area contributed by atoms with E-state index in [1.165, 1.54) is 31.5 Å². The van der Waals surface area contributed by atoms with Crippen molar-refractivity contribution in [3.8, 4) is 0 Å². The minimum atomic E-state index is -0.364. The highest BCUT2D eigenvalue weighted by atomic mass is 16.7. The van der Waals surface area contributed by atoms with Crippen molar-refractivity contribution in [2.45, 2.75) is 57.7 Å². The number of nitrogens with zero attached hydrogens (tertiary/aromatic N) is 2. The second-order valence-electron chi connectivity index (χ2n) is 7.68. The number of hydrogen-bond acceptors (Lipinski definition) is 4. The lowest BCUT2D eigenvalue weighted by molar-refractivity contribution is 0.00578. The maximum absolute atomic E-state index is 6.06. The molecule has 0 atom stereocenters. The standard InChI is InChI=1S/C17H27BN2O2/c1-16(2)17(3,4)22-18(21-16)15-7-6-14(12-19-15)13-8-10-20(5)11-9-13/h6-7,12-13H,8-11H2,1-5H3. The number of rotatable bonds is 2. The largest absolute Gasteiger partial charge is 0.514 e. The van der Waals surface area contributed by atoms with Gasteiger partial charge in [0.05, 0.1) is 16.8 Å². The third kappa shape index (κ3) is 2.94. The molecule has 3 rings (SSSR count). The first-order chi connectivity index (χ1) is 10.3. The summed E-state index contributed by atoms with van der Waals surface area (Å²) < 4.78 is 12.1. The highest BCUT2D eigenvalue weighted by Gasteiger charge is 2.52. The van der Waals surface area contributed by atoms with Gasteiger partial charge in [0.25, 0.3) is 0 Å². The van der Waals surface area contributed by atoms with E-state index in [4.69, 9.17) is 9.31 Å². The van der Waals surface area contributed by atoms with E-state index >= 15 is 0 Å². The van der Waals surface area contributed by atoms with Crippen molar-refractivity contribution in [3.05, 3.63) is 23.9 Å². The van der Waals surface area contributed by atoms with Gasteiger partial charge in [0.2, 0.25) is 0 Å². The van der Waals surface area contributed by atoms with E-state index in [2.05, 4.69) is 56.8 Å². The van der Waals surface area contributed by atoms with Crippen LogP contribution in [0.3, 0.4) is 0 Å². The van der Waals surface area contributed by atoms with Crippen molar-refractivity contribution in [2.24, 2.45) is 0 Å². The van der Waals surface area contributed by atoms with Crippen LogP contribution in [0.2, 0.25) is 0 Å². The van der Waals surface area contributed by atoms with E-state index in [-0.39, 0.29) is 18.3 Å². The molecule has 120 valence electrons. The Morgan fingerprint density at radius 3 is 2.18 bits per heavy atom. The van der Waals surface area contributed by atoms with Crippen molar-refractivity contribution in [1.82, 2.24) is 9.88 Å². The molecule has 1 aromatic rings. The second kappa shape index (κ2) is 5.62. The van der Waals surface area contributed by atoms with Crippen molar-refractivity contribution >= 4 is 12.7 Å². The van der Waals surface area contributed by atoms with E-state index < -0.39 is 0 Å². The van der Waals surface area contributed by atoms with Crippen LogP contribution < -0.4 is 5.59 Å². The summed E-state index contributed by atoms with van der Waals surface area (Å²) in [4.78, 5) is 7.01. The Bertz CT molecular complexity index is 506. The van der Waals surface area contributed by atoms with Gasteiger partial charge in [0.15, 0.2) is 0 Å². The Labute approximate surface area is 134 Å². The molecular weight excluding hydrogens is 275 g/mol. The molecule has 5 heteroatoms. The minimum absolute atomic E-state index is 0.314. The Kier molecular flexibility index (Phi) is 4.08. The smallest absolute Gasteiger partial charge is 0.398 e. The molecule has 0 saturated carbocycles. The van der Waals surface area contributed by atoms with Gasteiger partial charge < -0.3 is 14.2 Å². The van der Waals surface area contributed by atoms with Gasteiger partial charge in [-0.2, -0.15) is 0 Å². The number of aromatic nitrogens is 1. The zero-order chi connectivity index (χ0) is 16.0. The summed E-state index contributed by atoms with van der Waals surface area (Å²) in [5.74, 6) is 0.635. The topological polar surface area (TPSA) is 34.6 Å². The number of pyridine rings is 1.